The highest BCUT2D eigenvalue weighted by molar-refractivity contribution is 4.52. The molecular formula is C17H36O3. The van der Waals surface area contributed by atoms with E-state index >= 15 is 0 Å². The Morgan fingerprint density at radius 2 is 1.30 bits per heavy atom. The highest BCUT2D eigenvalue weighted by Gasteiger charge is 2.05. The number of ether oxygens (including phenoxy) is 2. The first kappa shape index (κ1) is 19.9. The third-order valence-corrected chi connectivity index (χ3v) is 3.52. The standard InChI is InChI=1S/C17H36O3/c1-4-5-6-7-8-9-10-11-12-13-19-17(3)15-20-16(2)14-18/h16-18H,4-15H2,1-3H3. The zero-order chi connectivity index (χ0) is 15.1. The van der Waals surface area contributed by atoms with Crippen LogP contribution in [0.25, 0.3) is 0 Å². The Balaban J connectivity index is 3.15. The van der Waals surface area contributed by atoms with Gasteiger partial charge in [-0.3, -0.25) is 0 Å². The number of aliphatic hydroxyl groups excluding tert-OH is 1. The molecule has 3 heteroatoms. The molecule has 0 saturated heterocycles. The molecule has 0 amide bonds. The summed E-state index contributed by atoms with van der Waals surface area (Å²) in [5, 5.41) is 8.85. The van der Waals surface area contributed by atoms with Crippen molar-refractivity contribution in [3.05, 3.63) is 0 Å². The summed E-state index contributed by atoms with van der Waals surface area (Å²) in [6, 6.07) is 0. The quantitative estimate of drug-likeness (QED) is 0.456. The van der Waals surface area contributed by atoms with Gasteiger partial charge in [0.25, 0.3) is 0 Å². The fourth-order valence-corrected chi connectivity index (χ4v) is 2.10. The molecule has 0 aliphatic carbocycles. The summed E-state index contributed by atoms with van der Waals surface area (Å²) in [5.74, 6) is 0. The normalized spacial score (nSPS) is 14.4. The zero-order valence-electron chi connectivity index (χ0n) is 13.9. The van der Waals surface area contributed by atoms with Crippen LogP contribution >= 0.6 is 0 Å². The first-order chi connectivity index (χ1) is 9.70. The number of unbranched alkanes of at least 4 members (excludes halogenated alkanes) is 8. The van der Waals surface area contributed by atoms with Crippen LogP contribution in [0.4, 0.5) is 0 Å². The van der Waals surface area contributed by atoms with Crippen LogP contribution in [0.15, 0.2) is 0 Å². The largest absolute Gasteiger partial charge is 0.394 e. The summed E-state index contributed by atoms with van der Waals surface area (Å²) in [4.78, 5) is 0. The van der Waals surface area contributed by atoms with E-state index in [9.17, 15) is 0 Å². The maximum Gasteiger partial charge on any atom is 0.0780 e. The van der Waals surface area contributed by atoms with Crippen LogP contribution in [0.3, 0.4) is 0 Å². The van der Waals surface area contributed by atoms with Crippen molar-refractivity contribution in [3.8, 4) is 0 Å². The van der Waals surface area contributed by atoms with E-state index in [1.165, 1.54) is 51.4 Å². The molecule has 2 atom stereocenters. The molecule has 0 aromatic carbocycles. The van der Waals surface area contributed by atoms with Gasteiger partial charge < -0.3 is 14.6 Å². The summed E-state index contributed by atoms with van der Waals surface area (Å²) in [6.45, 7) is 7.62. The fourth-order valence-electron chi connectivity index (χ4n) is 2.10. The molecule has 2 unspecified atom stereocenters. The summed E-state index contributed by atoms with van der Waals surface area (Å²) >= 11 is 0. The summed E-state index contributed by atoms with van der Waals surface area (Å²) in [5.41, 5.74) is 0. The SMILES string of the molecule is CCCCCCCCCCCOC(C)COC(C)CO. The summed E-state index contributed by atoms with van der Waals surface area (Å²) in [6.07, 6.45) is 12.1. The van der Waals surface area contributed by atoms with Crippen molar-refractivity contribution in [3.63, 3.8) is 0 Å². The van der Waals surface area contributed by atoms with Crippen molar-refractivity contribution in [2.75, 3.05) is 19.8 Å². The highest BCUT2D eigenvalue weighted by Crippen LogP contribution is 2.09. The van der Waals surface area contributed by atoms with E-state index in [0.717, 1.165) is 13.0 Å². The van der Waals surface area contributed by atoms with Crippen LogP contribution in [0.2, 0.25) is 0 Å². The van der Waals surface area contributed by atoms with Gasteiger partial charge in [-0.05, 0) is 20.3 Å². The monoisotopic (exact) mass is 288 g/mol. The molecule has 0 fully saturated rings. The molecule has 0 rings (SSSR count). The maximum absolute atomic E-state index is 8.85. The molecule has 0 radical (unpaired) electrons. The van der Waals surface area contributed by atoms with Crippen molar-refractivity contribution in [1.29, 1.82) is 0 Å². The van der Waals surface area contributed by atoms with Crippen LogP contribution < -0.4 is 0 Å². The van der Waals surface area contributed by atoms with Gasteiger partial charge in [0.05, 0.1) is 25.4 Å². The van der Waals surface area contributed by atoms with Gasteiger partial charge in [0.2, 0.25) is 0 Å². The highest BCUT2D eigenvalue weighted by atomic mass is 16.5. The van der Waals surface area contributed by atoms with Gasteiger partial charge >= 0.3 is 0 Å². The maximum atomic E-state index is 8.85. The Bertz CT molecular complexity index is 185. The Morgan fingerprint density at radius 3 is 1.85 bits per heavy atom. The predicted molar refractivity (Wildman–Crippen MR) is 85.1 cm³/mol. The van der Waals surface area contributed by atoms with Crippen molar-refractivity contribution < 1.29 is 14.6 Å². The Hall–Kier alpha value is -0.120. The van der Waals surface area contributed by atoms with Crippen LogP contribution in [0, 0.1) is 0 Å². The lowest BCUT2D eigenvalue weighted by molar-refractivity contribution is -0.0459. The number of hydrogen-bond donors (Lipinski definition) is 1. The lowest BCUT2D eigenvalue weighted by Crippen LogP contribution is -2.22. The molecule has 3 nitrogen and oxygen atoms in total. The van der Waals surface area contributed by atoms with Gasteiger partial charge in [-0.15, -0.1) is 0 Å². The van der Waals surface area contributed by atoms with E-state index < -0.39 is 0 Å². The van der Waals surface area contributed by atoms with E-state index in [4.69, 9.17) is 14.6 Å². The molecule has 0 aliphatic rings. The molecule has 122 valence electrons. The van der Waals surface area contributed by atoms with E-state index in [-0.39, 0.29) is 18.8 Å². The third-order valence-electron chi connectivity index (χ3n) is 3.52. The number of aliphatic hydroxyl groups is 1. The van der Waals surface area contributed by atoms with Crippen LogP contribution in [0.5, 0.6) is 0 Å². The van der Waals surface area contributed by atoms with Crippen molar-refractivity contribution in [1.82, 2.24) is 0 Å². The average molecular weight is 288 g/mol. The molecule has 0 aromatic rings. The first-order valence-electron chi connectivity index (χ1n) is 8.54. The first-order valence-corrected chi connectivity index (χ1v) is 8.54. The van der Waals surface area contributed by atoms with Crippen LogP contribution in [-0.4, -0.2) is 37.1 Å². The second-order valence-electron chi connectivity index (χ2n) is 5.84. The second kappa shape index (κ2) is 15.3. The molecular weight excluding hydrogens is 252 g/mol. The van der Waals surface area contributed by atoms with Crippen molar-refractivity contribution in [2.24, 2.45) is 0 Å². The Labute approximate surface area is 126 Å². The second-order valence-corrected chi connectivity index (χ2v) is 5.84. The van der Waals surface area contributed by atoms with E-state index in [2.05, 4.69) is 6.92 Å². The van der Waals surface area contributed by atoms with Gasteiger partial charge in [0.15, 0.2) is 0 Å². The van der Waals surface area contributed by atoms with Crippen LogP contribution in [-0.2, 0) is 9.47 Å². The van der Waals surface area contributed by atoms with Gasteiger partial charge in [0, 0.05) is 6.61 Å². The molecule has 0 bridgehead atoms. The molecule has 20 heavy (non-hydrogen) atoms. The van der Waals surface area contributed by atoms with Crippen molar-refractivity contribution >= 4 is 0 Å². The van der Waals surface area contributed by atoms with Crippen molar-refractivity contribution in [2.45, 2.75) is 90.8 Å². The predicted octanol–water partition coefficient (Wildman–Crippen LogP) is 4.32. The van der Waals surface area contributed by atoms with Gasteiger partial charge in [-0.1, -0.05) is 58.3 Å². The van der Waals surface area contributed by atoms with E-state index in [0.29, 0.717) is 6.61 Å². The molecule has 0 saturated carbocycles. The topological polar surface area (TPSA) is 38.7 Å². The molecule has 0 aromatic heterocycles. The van der Waals surface area contributed by atoms with E-state index in [1.807, 2.05) is 13.8 Å². The van der Waals surface area contributed by atoms with Gasteiger partial charge in [0.1, 0.15) is 0 Å². The minimum Gasteiger partial charge on any atom is -0.394 e. The molecule has 1 N–H and O–H groups in total. The zero-order valence-corrected chi connectivity index (χ0v) is 13.9. The minimum absolute atomic E-state index is 0.0744. The summed E-state index contributed by atoms with van der Waals surface area (Å²) < 4.78 is 11.1. The fraction of sp³-hybridized carbons (Fsp3) is 1.00. The van der Waals surface area contributed by atoms with E-state index in [1.54, 1.807) is 0 Å². The van der Waals surface area contributed by atoms with Crippen LogP contribution in [0.1, 0.15) is 78.6 Å². The molecule has 0 heterocycles. The van der Waals surface area contributed by atoms with Gasteiger partial charge in [-0.25, -0.2) is 0 Å². The lowest BCUT2D eigenvalue weighted by atomic mass is 10.1. The average Bonchev–Trinajstić information content (AvgIpc) is 2.46. The minimum atomic E-state index is -0.0891. The number of hydrogen-bond acceptors (Lipinski definition) is 3. The lowest BCUT2D eigenvalue weighted by Gasteiger charge is -2.16. The molecule has 0 spiro atoms. The third kappa shape index (κ3) is 14.3. The smallest absolute Gasteiger partial charge is 0.0780 e. The van der Waals surface area contributed by atoms with Gasteiger partial charge in [-0.2, -0.15) is 0 Å². The number of rotatable bonds is 15. The Kier molecular flexibility index (Phi) is 15.2. The summed E-state index contributed by atoms with van der Waals surface area (Å²) in [7, 11) is 0. The Morgan fingerprint density at radius 1 is 0.750 bits per heavy atom. The molecule has 0 aliphatic heterocycles.